The summed E-state index contributed by atoms with van der Waals surface area (Å²) >= 11 is 0. The van der Waals surface area contributed by atoms with Crippen LogP contribution in [0.5, 0.6) is 0 Å². The number of rotatable bonds is 8. The lowest BCUT2D eigenvalue weighted by molar-refractivity contribution is -0.146. The zero-order valence-corrected chi connectivity index (χ0v) is 20.4. The molecule has 1 spiro atoms. The van der Waals surface area contributed by atoms with Gasteiger partial charge in [-0.1, -0.05) is 50.6 Å². The molecule has 1 aromatic carbocycles. The number of ether oxygens (including phenoxy) is 2. The highest BCUT2D eigenvalue weighted by molar-refractivity contribution is 5.76. The molecule has 0 unspecified atom stereocenters. The molecule has 0 bridgehead atoms. The fraction of sp³-hybridized carbons (Fsp3) is 0.621. The zero-order valence-electron chi connectivity index (χ0n) is 20.4. The van der Waals surface area contributed by atoms with Gasteiger partial charge in [0.05, 0.1) is 18.3 Å². The van der Waals surface area contributed by atoms with Crippen LogP contribution in [0.3, 0.4) is 0 Å². The van der Waals surface area contributed by atoms with Gasteiger partial charge in [0.2, 0.25) is 0 Å². The van der Waals surface area contributed by atoms with Gasteiger partial charge in [0.1, 0.15) is 17.5 Å². The normalized spacial score (nSPS) is 39.0. The van der Waals surface area contributed by atoms with Crippen molar-refractivity contribution < 1.29 is 18.7 Å². The molecule has 5 heteroatoms. The van der Waals surface area contributed by atoms with Crippen LogP contribution in [-0.2, 0) is 20.7 Å². The first-order valence-corrected chi connectivity index (χ1v) is 13.2. The minimum Gasteiger partial charge on any atom is -0.469 e. The van der Waals surface area contributed by atoms with Crippen molar-refractivity contribution in [3.63, 3.8) is 0 Å². The van der Waals surface area contributed by atoms with E-state index in [1.807, 2.05) is 6.07 Å². The lowest BCUT2D eigenvalue weighted by atomic mass is 9.53. The highest BCUT2D eigenvalue weighted by Gasteiger charge is 2.78. The number of furan rings is 1. The third-order valence-corrected chi connectivity index (χ3v) is 9.50. The van der Waals surface area contributed by atoms with Crippen molar-refractivity contribution in [3.8, 4) is 0 Å². The third-order valence-electron chi connectivity index (χ3n) is 9.50. The van der Waals surface area contributed by atoms with E-state index in [1.165, 1.54) is 24.8 Å². The molecule has 4 aliphatic rings. The van der Waals surface area contributed by atoms with Gasteiger partial charge in [-0.05, 0) is 62.3 Å². The minimum absolute atomic E-state index is 0.0178. The van der Waals surface area contributed by atoms with Crippen molar-refractivity contribution in [2.45, 2.75) is 76.1 Å². The van der Waals surface area contributed by atoms with E-state index in [0.717, 1.165) is 31.6 Å². The van der Waals surface area contributed by atoms with Gasteiger partial charge in [-0.15, -0.1) is 0 Å². The van der Waals surface area contributed by atoms with E-state index in [4.69, 9.17) is 13.9 Å². The summed E-state index contributed by atoms with van der Waals surface area (Å²) in [5, 5.41) is 3.60. The summed E-state index contributed by atoms with van der Waals surface area (Å²) in [7, 11) is 0. The molecule has 34 heavy (non-hydrogen) atoms. The molecule has 2 aliphatic carbocycles. The van der Waals surface area contributed by atoms with Gasteiger partial charge < -0.3 is 19.2 Å². The van der Waals surface area contributed by atoms with Gasteiger partial charge in [0.25, 0.3) is 0 Å². The maximum Gasteiger partial charge on any atom is 0.311 e. The van der Waals surface area contributed by atoms with E-state index in [1.54, 1.807) is 6.26 Å². The molecule has 5 nitrogen and oxygen atoms in total. The van der Waals surface area contributed by atoms with Crippen LogP contribution in [0.2, 0.25) is 0 Å². The standard InChI is InChI=1S/C29H37NO4/c1-19-8-6-13-28(2)17-24-25(26-29(19,28)34-26)22(27(31)33-24)18-30-14-12-21(23-11-7-15-32-23)16-20-9-4-3-5-10-20/h3-5,7,9-11,15,19,21-22,24-26,30H,6,8,12-14,16-18H2,1-2H3/t19-,21+,22-,24-,25+,26+,28+,29-/m1/s1. The molecule has 6 rings (SSSR count). The molecule has 3 heterocycles. The van der Waals surface area contributed by atoms with Crippen molar-refractivity contribution in [1.82, 2.24) is 5.32 Å². The van der Waals surface area contributed by atoms with Crippen molar-refractivity contribution in [1.29, 1.82) is 0 Å². The Morgan fingerprint density at radius 2 is 2.03 bits per heavy atom. The van der Waals surface area contributed by atoms with Crippen molar-refractivity contribution in [2.24, 2.45) is 23.2 Å². The van der Waals surface area contributed by atoms with E-state index < -0.39 is 0 Å². The Balaban J connectivity index is 1.09. The van der Waals surface area contributed by atoms with Crippen molar-refractivity contribution >= 4 is 5.97 Å². The number of epoxide rings is 1. The molecular formula is C29H37NO4. The maximum atomic E-state index is 12.9. The molecule has 0 amide bonds. The van der Waals surface area contributed by atoms with E-state index in [9.17, 15) is 4.79 Å². The summed E-state index contributed by atoms with van der Waals surface area (Å²) in [5.41, 5.74) is 1.43. The van der Waals surface area contributed by atoms with Crippen LogP contribution in [-0.4, -0.2) is 36.9 Å². The van der Waals surface area contributed by atoms with Gasteiger partial charge >= 0.3 is 5.97 Å². The van der Waals surface area contributed by atoms with Gasteiger partial charge in [-0.2, -0.15) is 0 Å². The van der Waals surface area contributed by atoms with Crippen LogP contribution in [0, 0.1) is 23.2 Å². The molecule has 2 saturated heterocycles. The number of hydrogen-bond donors (Lipinski definition) is 1. The molecule has 8 atom stereocenters. The fourth-order valence-corrected chi connectivity index (χ4v) is 7.77. The molecule has 182 valence electrons. The second-order valence-corrected chi connectivity index (χ2v) is 11.4. The molecule has 2 saturated carbocycles. The fourth-order valence-electron chi connectivity index (χ4n) is 7.77. The summed E-state index contributed by atoms with van der Waals surface area (Å²) in [5.74, 6) is 1.95. The quantitative estimate of drug-likeness (QED) is 0.335. The van der Waals surface area contributed by atoms with Gasteiger partial charge in [-0.25, -0.2) is 0 Å². The lowest BCUT2D eigenvalue weighted by Crippen LogP contribution is -2.54. The second kappa shape index (κ2) is 8.53. The molecule has 1 N–H and O–H groups in total. The zero-order chi connectivity index (χ0) is 23.3. The first kappa shape index (κ1) is 22.4. The van der Waals surface area contributed by atoms with Gasteiger partial charge in [0.15, 0.2) is 0 Å². The Bertz CT molecular complexity index is 1010. The molecule has 2 aromatic rings. The second-order valence-electron chi connectivity index (χ2n) is 11.4. The van der Waals surface area contributed by atoms with Gasteiger partial charge in [-0.3, -0.25) is 4.79 Å². The predicted molar refractivity (Wildman–Crippen MR) is 129 cm³/mol. The first-order chi connectivity index (χ1) is 16.5. The summed E-state index contributed by atoms with van der Waals surface area (Å²) in [6.07, 6.45) is 8.49. The number of esters is 1. The molecule has 2 aliphatic heterocycles. The van der Waals surface area contributed by atoms with Crippen LogP contribution in [0.1, 0.15) is 63.2 Å². The lowest BCUT2D eigenvalue weighted by Gasteiger charge is -2.48. The number of nitrogens with one attached hydrogen (secondary N) is 1. The van der Waals surface area contributed by atoms with Crippen molar-refractivity contribution in [2.75, 3.05) is 13.1 Å². The Morgan fingerprint density at radius 3 is 2.82 bits per heavy atom. The minimum atomic E-state index is -0.107. The summed E-state index contributed by atoms with van der Waals surface area (Å²) in [6.45, 7) is 6.23. The van der Waals surface area contributed by atoms with Crippen LogP contribution >= 0.6 is 0 Å². The van der Waals surface area contributed by atoms with Crippen LogP contribution in [0.25, 0.3) is 0 Å². The monoisotopic (exact) mass is 463 g/mol. The molecular weight excluding hydrogens is 426 g/mol. The SMILES string of the molecule is C[C@@H]1CCC[C@@]2(C)C[C@H]3OC(=O)[C@H](CNCC[C@@H](Cc4ccccc4)c4ccco4)[C@@H]3[C@@H]3O[C@]132. The van der Waals surface area contributed by atoms with E-state index >= 15 is 0 Å². The largest absolute Gasteiger partial charge is 0.469 e. The average molecular weight is 464 g/mol. The first-order valence-electron chi connectivity index (χ1n) is 13.2. The molecule has 4 fully saturated rings. The topological polar surface area (TPSA) is 64.0 Å². The predicted octanol–water partition coefficient (Wildman–Crippen LogP) is 5.11. The Kier molecular flexibility index (Phi) is 5.61. The molecule has 0 radical (unpaired) electrons. The van der Waals surface area contributed by atoms with Gasteiger partial charge in [0, 0.05) is 23.8 Å². The summed E-state index contributed by atoms with van der Waals surface area (Å²) in [4.78, 5) is 12.9. The number of benzene rings is 1. The van der Waals surface area contributed by atoms with E-state index in [-0.39, 0.29) is 41.0 Å². The van der Waals surface area contributed by atoms with E-state index in [2.05, 4.69) is 55.6 Å². The summed E-state index contributed by atoms with van der Waals surface area (Å²) < 4.78 is 18.3. The molecule has 1 aromatic heterocycles. The maximum absolute atomic E-state index is 12.9. The van der Waals surface area contributed by atoms with Crippen molar-refractivity contribution in [3.05, 3.63) is 60.1 Å². The summed E-state index contributed by atoms with van der Waals surface area (Å²) in [6, 6.07) is 14.6. The number of carbonyl (C=O) groups is 1. The smallest absolute Gasteiger partial charge is 0.311 e. The Hall–Kier alpha value is -2.11. The highest BCUT2D eigenvalue weighted by atomic mass is 16.6. The van der Waals surface area contributed by atoms with Crippen LogP contribution in [0.4, 0.5) is 0 Å². The highest BCUT2D eigenvalue weighted by Crippen LogP contribution is 2.70. The number of carbonyl (C=O) groups excluding carboxylic acids is 1. The third kappa shape index (κ3) is 3.54. The number of hydrogen-bond acceptors (Lipinski definition) is 5. The Labute approximate surface area is 202 Å². The van der Waals surface area contributed by atoms with E-state index in [0.29, 0.717) is 18.4 Å². The Morgan fingerprint density at radius 1 is 1.18 bits per heavy atom. The van der Waals surface area contributed by atoms with Crippen LogP contribution < -0.4 is 5.32 Å². The average Bonchev–Trinajstić information content (AvgIpc) is 3.20. The van der Waals surface area contributed by atoms with Crippen LogP contribution in [0.15, 0.2) is 53.1 Å². The number of fused-ring (bicyclic) bond motifs is 2.